The molecule has 0 unspecified atom stereocenters. The molecule has 11 heteroatoms. The van der Waals surface area contributed by atoms with E-state index in [9.17, 15) is 18.0 Å². The van der Waals surface area contributed by atoms with Crippen LogP contribution in [0.4, 0.5) is 13.2 Å². The van der Waals surface area contributed by atoms with Crippen LogP contribution in [0.25, 0.3) is 11.4 Å². The first kappa shape index (κ1) is 30.7. The number of benzene rings is 2. The number of amides is 1. The molecule has 0 aliphatic carbocycles. The van der Waals surface area contributed by atoms with Gasteiger partial charge in [0.15, 0.2) is 11.6 Å². The molecule has 1 aromatic heterocycles. The van der Waals surface area contributed by atoms with Crippen molar-refractivity contribution in [3.63, 3.8) is 0 Å². The Morgan fingerprint density at radius 1 is 1.22 bits per heavy atom. The van der Waals surface area contributed by atoms with Gasteiger partial charge in [0.05, 0.1) is 17.7 Å². The fourth-order valence-electron chi connectivity index (χ4n) is 5.03. The van der Waals surface area contributed by atoms with Gasteiger partial charge >= 0.3 is 0 Å². The lowest BCUT2D eigenvalue weighted by Gasteiger charge is -2.41. The van der Waals surface area contributed by atoms with Gasteiger partial charge in [-0.2, -0.15) is 5.10 Å². The van der Waals surface area contributed by atoms with Gasteiger partial charge in [0.1, 0.15) is 29.6 Å². The summed E-state index contributed by atoms with van der Waals surface area (Å²) in [6.45, 7) is 6.43. The van der Waals surface area contributed by atoms with Crippen LogP contribution in [0.1, 0.15) is 63.9 Å². The van der Waals surface area contributed by atoms with Crippen LogP contribution in [0, 0.1) is 17.5 Å². The predicted molar refractivity (Wildman–Crippen MR) is 148 cm³/mol. The third kappa shape index (κ3) is 7.14. The Morgan fingerprint density at radius 3 is 2.63 bits per heavy atom. The van der Waals surface area contributed by atoms with E-state index in [2.05, 4.69) is 5.10 Å². The van der Waals surface area contributed by atoms with Gasteiger partial charge in [0.2, 0.25) is 0 Å². The van der Waals surface area contributed by atoms with Crippen LogP contribution in [-0.4, -0.2) is 63.6 Å². The summed E-state index contributed by atoms with van der Waals surface area (Å²) in [5.41, 5.74) is 5.68. The van der Waals surface area contributed by atoms with Gasteiger partial charge in [0.25, 0.3) is 5.91 Å². The summed E-state index contributed by atoms with van der Waals surface area (Å²) in [5.74, 6) is -1.82. The van der Waals surface area contributed by atoms with Crippen molar-refractivity contribution in [3.05, 3.63) is 71.3 Å². The highest BCUT2D eigenvalue weighted by Gasteiger charge is 2.44. The molecule has 4 rings (SSSR count). The predicted octanol–water partition coefficient (Wildman–Crippen LogP) is 5.01. The number of carbonyl (C=O) groups is 1. The van der Waals surface area contributed by atoms with Crippen molar-refractivity contribution in [3.8, 4) is 11.4 Å². The second-order valence-electron chi connectivity index (χ2n) is 10.9. The first-order chi connectivity index (χ1) is 19.5. The number of ether oxygens (including phenoxy) is 2. The molecule has 0 radical (unpaired) electrons. The van der Waals surface area contributed by atoms with Gasteiger partial charge in [-0.25, -0.2) is 22.8 Å². The van der Waals surface area contributed by atoms with Crippen molar-refractivity contribution in [2.45, 2.75) is 76.8 Å². The molecule has 0 spiro atoms. The second kappa shape index (κ2) is 13.1. The van der Waals surface area contributed by atoms with Crippen LogP contribution < -0.4 is 5.73 Å². The average Bonchev–Trinajstić information content (AvgIpc) is 3.62. The Kier molecular flexibility index (Phi) is 9.83. The number of aromatic nitrogens is 3. The van der Waals surface area contributed by atoms with E-state index in [0.29, 0.717) is 25.0 Å². The monoisotopic (exact) mass is 573 g/mol. The molecule has 3 atom stereocenters. The van der Waals surface area contributed by atoms with Crippen molar-refractivity contribution in [1.82, 2.24) is 19.7 Å². The molecule has 2 aromatic carbocycles. The molecule has 1 aliphatic rings. The quantitative estimate of drug-likeness (QED) is 0.327. The number of hydrogen-bond acceptors (Lipinski definition) is 6. The van der Waals surface area contributed by atoms with Gasteiger partial charge in [-0.05, 0) is 75.4 Å². The first-order valence-electron chi connectivity index (χ1n) is 13.9. The molecule has 8 nitrogen and oxygen atoms in total. The fraction of sp³-hybridized carbons (Fsp3) is 0.500. The van der Waals surface area contributed by atoms with E-state index < -0.39 is 35.2 Å². The van der Waals surface area contributed by atoms with Gasteiger partial charge in [-0.1, -0.05) is 19.1 Å². The Balaban J connectivity index is 1.90. The molecule has 41 heavy (non-hydrogen) atoms. The van der Waals surface area contributed by atoms with E-state index in [0.717, 1.165) is 31.0 Å². The van der Waals surface area contributed by atoms with E-state index in [1.54, 1.807) is 17.0 Å². The number of hydrogen-bond donors (Lipinski definition) is 1. The fourth-order valence-corrected chi connectivity index (χ4v) is 5.03. The maximum Gasteiger partial charge on any atom is 0.252 e. The van der Waals surface area contributed by atoms with Crippen LogP contribution in [0.2, 0.25) is 0 Å². The summed E-state index contributed by atoms with van der Waals surface area (Å²) in [6, 6.07) is 8.05. The SMILES string of the molecule is CC[C@@H](N)CCN(C(=O)[C@@H]1CCCO1)[C@@H](c1nc(-c2cc(F)ccc2F)nn1Cc1cccc(F)c1)C(C)(C)OC. The average molecular weight is 574 g/mol. The van der Waals surface area contributed by atoms with Crippen molar-refractivity contribution in [1.29, 1.82) is 0 Å². The highest BCUT2D eigenvalue weighted by molar-refractivity contribution is 5.81. The number of halogens is 3. The standard InChI is InChI=1S/C30H38F3N5O3/c1-5-22(34)13-14-37(29(39)25-10-7-15-41-25)26(30(2,3)40-4)28-35-27(23-17-21(32)11-12-24(23)33)36-38(28)18-19-8-6-9-20(31)16-19/h6,8-9,11-12,16-17,22,25-26H,5,7,10,13-15,18,34H2,1-4H3/t22-,25+,26+/m1/s1. The maximum absolute atomic E-state index is 14.9. The zero-order valence-electron chi connectivity index (χ0n) is 23.9. The molecule has 1 amide bonds. The molecule has 1 aliphatic heterocycles. The molecular weight excluding hydrogens is 535 g/mol. The molecule has 0 saturated carbocycles. The minimum atomic E-state index is -1.02. The minimum absolute atomic E-state index is 0.0593. The second-order valence-corrected chi connectivity index (χ2v) is 10.9. The summed E-state index contributed by atoms with van der Waals surface area (Å²) in [4.78, 5) is 20.4. The first-order valence-corrected chi connectivity index (χ1v) is 13.9. The molecule has 1 saturated heterocycles. The summed E-state index contributed by atoms with van der Waals surface area (Å²) in [6.07, 6.45) is 1.93. The molecule has 222 valence electrons. The molecule has 1 fully saturated rings. The van der Waals surface area contributed by atoms with E-state index in [1.165, 1.54) is 23.9 Å². The number of methoxy groups -OCH3 is 1. The molecule has 3 aromatic rings. The third-order valence-electron chi connectivity index (χ3n) is 7.59. The summed E-state index contributed by atoms with van der Waals surface area (Å²) in [7, 11) is 1.53. The van der Waals surface area contributed by atoms with E-state index in [4.69, 9.17) is 20.2 Å². The Morgan fingerprint density at radius 2 is 1.98 bits per heavy atom. The molecule has 0 bridgehead atoms. The van der Waals surface area contributed by atoms with Gasteiger partial charge in [-0.3, -0.25) is 4.79 Å². The number of nitrogens with zero attached hydrogens (tertiary/aromatic N) is 4. The summed E-state index contributed by atoms with van der Waals surface area (Å²) in [5, 5.41) is 4.55. The van der Waals surface area contributed by atoms with Crippen molar-refractivity contribution in [2.75, 3.05) is 20.3 Å². The van der Waals surface area contributed by atoms with Crippen LogP contribution in [0.3, 0.4) is 0 Å². The lowest BCUT2D eigenvalue weighted by molar-refractivity contribution is -0.152. The zero-order chi connectivity index (χ0) is 29.7. The third-order valence-corrected chi connectivity index (χ3v) is 7.59. The van der Waals surface area contributed by atoms with Gasteiger partial charge in [0, 0.05) is 26.3 Å². The van der Waals surface area contributed by atoms with Crippen molar-refractivity contribution < 1.29 is 27.4 Å². The maximum atomic E-state index is 14.9. The summed E-state index contributed by atoms with van der Waals surface area (Å²) < 4.78 is 56.4. The summed E-state index contributed by atoms with van der Waals surface area (Å²) >= 11 is 0. The molecular formula is C30H38F3N5O3. The normalized spacial score (nSPS) is 17.0. The van der Waals surface area contributed by atoms with Crippen LogP contribution in [0.15, 0.2) is 42.5 Å². The highest BCUT2D eigenvalue weighted by atomic mass is 19.1. The largest absolute Gasteiger partial charge is 0.376 e. The van der Waals surface area contributed by atoms with E-state index in [1.807, 2.05) is 20.8 Å². The van der Waals surface area contributed by atoms with Crippen LogP contribution in [-0.2, 0) is 20.8 Å². The van der Waals surface area contributed by atoms with Gasteiger partial charge in [-0.15, -0.1) is 0 Å². The zero-order valence-corrected chi connectivity index (χ0v) is 23.9. The lowest BCUT2D eigenvalue weighted by Crippen LogP contribution is -2.51. The van der Waals surface area contributed by atoms with Crippen molar-refractivity contribution >= 4 is 5.91 Å². The topological polar surface area (TPSA) is 95.5 Å². The lowest BCUT2D eigenvalue weighted by atomic mass is 9.94. The minimum Gasteiger partial charge on any atom is -0.376 e. The van der Waals surface area contributed by atoms with Crippen LogP contribution >= 0.6 is 0 Å². The number of rotatable bonds is 12. The molecule has 2 N–H and O–H groups in total. The Bertz CT molecular complexity index is 1340. The van der Waals surface area contributed by atoms with E-state index in [-0.39, 0.29) is 42.3 Å². The smallest absolute Gasteiger partial charge is 0.252 e. The number of carbonyl (C=O) groups excluding carboxylic acids is 1. The Hall–Kier alpha value is -3.28. The van der Waals surface area contributed by atoms with Crippen molar-refractivity contribution in [2.24, 2.45) is 5.73 Å². The molecule has 2 heterocycles. The van der Waals surface area contributed by atoms with Gasteiger partial charge < -0.3 is 20.1 Å². The van der Waals surface area contributed by atoms with E-state index >= 15 is 0 Å². The highest BCUT2D eigenvalue weighted by Crippen LogP contribution is 2.37. The Labute approximate surface area is 238 Å². The van der Waals surface area contributed by atoms with Crippen LogP contribution in [0.5, 0.6) is 0 Å². The number of nitrogens with two attached hydrogens (primary N) is 1.